The van der Waals surface area contributed by atoms with Crippen LogP contribution in [0.5, 0.6) is 0 Å². The number of carboxylic acid groups (broad SMARTS) is 1. The summed E-state index contributed by atoms with van der Waals surface area (Å²) in [5, 5.41) is 14.8. The number of hydrogen-bond acceptors (Lipinski definition) is 3. The Hall–Kier alpha value is -1.17. The van der Waals surface area contributed by atoms with Crippen molar-refractivity contribution in [3.63, 3.8) is 0 Å². The molecule has 0 radical (unpaired) electrons. The lowest BCUT2D eigenvalue weighted by Crippen LogP contribution is -2.59. The van der Waals surface area contributed by atoms with E-state index in [2.05, 4.69) is 17.2 Å². The van der Waals surface area contributed by atoms with Gasteiger partial charge in [-0.2, -0.15) is 11.8 Å². The fourth-order valence-corrected chi connectivity index (χ4v) is 3.16. The van der Waals surface area contributed by atoms with Crippen LogP contribution in [-0.2, 0) is 4.79 Å². The highest BCUT2D eigenvalue weighted by atomic mass is 32.2. The number of urea groups is 1. The molecule has 2 unspecified atom stereocenters. The Kier molecular flexibility index (Phi) is 6.91. The van der Waals surface area contributed by atoms with E-state index in [1.807, 2.05) is 13.0 Å². The minimum Gasteiger partial charge on any atom is -0.480 e. The van der Waals surface area contributed by atoms with Gasteiger partial charge in [0.15, 0.2) is 0 Å². The molecule has 1 aliphatic carbocycles. The lowest BCUT2D eigenvalue weighted by atomic mass is 9.76. The second-order valence-corrected chi connectivity index (χ2v) is 6.48. The largest absolute Gasteiger partial charge is 0.480 e. The smallest absolute Gasteiger partial charge is 0.329 e. The first-order valence-electron chi connectivity index (χ1n) is 6.98. The Labute approximate surface area is 124 Å². The molecule has 1 fully saturated rings. The molecule has 114 valence electrons. The summed E-state index contributed by atoms with van der Waals surface area (Å²) >= 11 is 1.67. The van der Waals surface area contributed by atoms with E-state index in [-0.39, 0.29) is 6.03 Å². The molecule has 0 aromatic carbocycles. The number of thioether (sulfide) groups is 1. The number of aliphatic carboxylic acids is 1. The third-order valence-corrected chi connectivity index (χ3v) is 4.49. The van der Waals surface area contributed by atoms with Gasteiger partial charge in [-0.15, -0.1) is 6.58 Å². The van der Waals surface area contributed by atoms with Crippen LogP contribution in [0.4, 0.5) is 4.79 Å². The van der Waals surface area contributed by atoms with Crippen molar-refractivity contribution < 1.29 is 14.7 Å². The van der Waals surface area contributed by atoms with Gasteiger partial charge in [-0.1, -0.05) is 25.8 Å². The molecule has 1 rings (SSSR count). The lowest BCUT2D eigenvalue weighted by molar-refractivity contribution is -0.146. The van der Waals surface area contributed by atoms with Crippen LogP contribution in [0.15, 0.2) is 12.7 Å². The first-order valence-corrected chi connectivity index (χ1v) is 8.13. The van der Waals surface area contributed by atoms with Crippen LogP contribution < -0.4 is 10.6 Å². The molecule has 6 heteroatoms. The molecule has 1 aliphatic rings. The van der Waals surface area contributed by atoms with Crippen molar-refractivity contribution in [3.05, 3.63) is 12.7 Å². The van der Waals surface area contributed by atoms with Crippen LogP contribution in [0.2, 0.25) is 0 Å². The fourth-order valence-electron chi connectivity index (χ4n) is 2.58. The zero-order valence-electron chi connectivity index (χ0n) is 12.0. The molecular formula is C14H24N2O3S. The Bertz CT molecular complexity index is 362. The van der Waals surface area contributed by atoms with Gasteiger partial charge in [0.25, 0.3) is 0 Å². The van der Waals surface area contributed by atoms with Gasteiger partial charge in [0, 0.05) is 18.1 Å². The van der Waals surface area contributed by atoms with E-state index in [0.717, 1.165) is 24.3 Å². The van der Waals surface area contributed by atoms with Gasteiger partial charge in [-0.3, -0.25) is 0 Å². The molecule has 0 spiro atoms. The lowest BCUT2D eigenvalue weighted by Gasteiger charge is -2.37. The van der Waals surface area contributed by atoms with Gasteiger partial charge in [0.2, 0.25) is 0 Å². The molecule has 0 aromatic rings. The average Bonchev–Trinajstić information content (AvgIpc) is 2.38. The zero-order valence-corrected chi connectivity index (χ0v) is 12.8. The second-order valence-electron chi connectivity index (χ2n) is 5.33. The van der Waals surface area contributed by atoms with Crippen molar-refractivity contribution >= 4 is 23.8 Å². The van der Waals surface area contributed by atoms with Gasteiger partial charge >= 0.3 is 12.0 Å². The fraction of sp³-hybridized carbons (Fsp3) is 0.714. The van der Waals surface area contributed by atoms with E-state index < -0.39 is 11.5 Å². The number of carbonyl (C=O) groups is 2. The Morgan fingerprint density at radius 3 is 2.90 bits per heavy atom. The number of nitrogens with one attached hydrogen (secondary N) is 2. The second kappa shape index (κ2) is 8.19. The minimum absolute atomic E-state index is 0.322. The summed E-state index contributed by atoms with van der Waals surface area (Å²) in [6.45, 7) is 6.17. The molecule has 3 N–H and O–H groups in total. The van der Waals surface area contributed by atoms with Crippen molar-refractivity contribution in [1.29, 1.82) is 0 Å². The molecule has 0 saturated heterocycles. The van der Waals surface area contributed by atoms with Gasteiger partial charge in [-0.05, 0) is 18.8 Å². The zero-order chi connectivity index (χ0) is 15.0. The van der Waals surface area contributed by atoms with Crippen molar-refractivity contribution in [2.24, 2.45) is 5.92 Å². The van der Waals surface area contributed by atoms with Crippen molar-refractivity contribution in [2.75, 3.05) is 18.1 Å². The molecule has 0 heterocycles. The molecule has 5 nitrogen and oxygen atoms in total. The highest BCUT2D eigenvalue weighted by Gasteiger charge is 2.43. The summed E-state index contributed by atoms with van der Waals surface area (Å²) in [6.07, 6.45) is 4.68. The summed E-state index contributed by atoms with van der Waals surface area (Å²) in [6, 6.07) is -0.388. The van der Waals surface area contributed by atoms with E-state index in [1.165, 1.54) is 0 Å². The topological polar surface area (TPSA) is 78.4 Å². The normalized spacial score (nSPS) is 25.8. The Morgan fingerprint density at radius 1 is 1.55 bits per heavy atom. The number of hydrogen-bond donors (Lipinski definition) is 3. The SMILES string of the molecule is C=CCSCCNC(=O)NC1(C(=O)O)CCCC(C)C1. The summed E-state index contributed by atoms with van der Waals surface area (Å²) < 4.78 is 0. The quantitative estimate of drug-likeness (QED) is 0.498. The van der Waals surface area contributed by atoms with Crippen LogP contribution in [0.25, 0.3) is 0 Å². The highest BCUT2D eigenvalue weighted by Crippen LogP contribution is 2.32. The summed E-state index contributed by atoms with van der Waals surface area (Å²) in [5.74, 6) is 1.03. The highest BCUT2D eigenvalue weighted by molar-refractivity contribution is 7.99. The van der Waals surface area contributed by atoms with Crippen molar-refractivity contribution in [2.45, 2.75) is 38.1 Å². The van der Waals surface area contributed by atoms with Crippen LogP contribution in [0, 0.1) is 5.92 Å². The number of carboxylic acids is 1. The van der Waals surface area contributed by atoms with Crippen LogP contribution in [0.1, 0.15) is 32.6 Å². The third kappa shape index (κ3) is 5.07. The monoisotopic (exact) mass is 300 g/mol. The van der Waals surface area contributed by atoms with E-state index in [4.69, 9.17) is 0 Å². The first-order chi connectivity index (χ1) is 9.50. The Balaban J connectivity index is 2.43. The molecular weight excluding hydrogens is 276 g/mol. The molecule has 20 heavy (non-hydrogen) atoms. The van der Waals surface area contributed by atoms with E-state index in [1.54, 1.807) is 11.8 Å². The van der Waals surface area contributed by atoms with Crippen LogP contribution in [-0.4, -0.2) is 40.7 Å². The molecule has 0 aromatic heterocycles. The van der Waals surface area contributed by atoms with Crippen LogP contribution in [0.3, 0.4) is 0 Å². The number of rotatable bonds is 7. The first kappa shape index (κ1) is 16.9. The van der Waals surface area contributed by atoms with E-state index >= 15 is 0 Å². The van der Waals surface area contributed by atoms with Crippen molar-refractivity contribution in [3.8, 4) is 0 Å². The molecule has 2 atom stereocenters. The molecule has 0 aliphatic heterocycles. The maximum Gasteiger partial charge on any atom is 0.329 e. The van der Waals surface area contributed by atoms with Crippen LogP contribution >= 0.6 is 11.8 Å². The predicted octanol–water partition coefficient (Wildman–Crippen LogP) is 2.24. The van der Waals surface area contributed by atoms with E-state index in [0.29, 0.717) is 25.3 Å². The van der Waals surface area contributed by atoms with Gasteiger partial charge < -0.3 is 15.7 Å². The molecule has 1 saturated carbocycles. The summed E-state index contributed by atoms with van der Waals surface area (Å²) in [7, 11) is 0. The van der Waals surface area contributed by atoms with Gasteiger partial charge in [0.05, 0.1) is 0 Å². The maximum absolute atomic E-state index is 11.8. The Morgan fingerprint density at radius 2 is 2.30 bits per heavy atom. The van der Waals surface area contributed by atoms with Gasteiger partial charge in [0.1, 0.15) is 5.54 Å². The summed E-state index contributed by atoms with van der Waals surface area (Å²) in [5.41, 5.74) is -1.10. The van der Waals surface area contributed by atoms with Gasteiger partial charge in [-0.25, -0.2) is 9.59 Å². The minimum atomic E-state index is -1.10. The van der Waals surface area contributed by atoms with E-state index in [9.17, 15) is 14.7 Å². The number of carbonyl (C=O) groups excluding carboxylic acids is 1. The maximum atomic E-state index is 11.8. The van der Waals surface area contributed by atoms with Crippen molar-refractivity contribution in [1.82, 2.24) is 10.6 Å². The number of amides is 2. The molecule has 2 amide bonds. The predicted molar refractivity (Wildman–Crippen MR) is 82.1 cm³/mol. The molecule has 0 bridgehead atoms. The average molecular weight is 300 g/mol. The summed E-state index contributed by atoms with van der Waals surface area (Å²) in [4.78, 5) is 23.4. The standard InChI is InChI=1S/C14H24N2O3S/c1-3-8-20-9-7-15-13(19)16-14(12(17)18)6-4-5-11(2)10-14/h3,11H,1,4-10H2,2H3,(H,17,18)(H2,15,16,19). The third-order valence-electron chi connectivity index (χ3n) is 3.53.